The molecule has 0 radical (unpaired) electrons. The monoisotopic (exact) mass is 394 g/mol. The minimum atomic E-state index is 0.207. The summed E-state index contributed by atoms with van der Waals surface area (Å²) in [5, 5.41) is 8.88. The summed E-state index contributed by atoms with van der Waals surface area (Å²) in [6.45, 7) is 2.42. The first kappa shape index (κ1) is 21.5. The van der Waals surface area contributed by atoms with Crippen molar-refractivity contribution >= 4 is 0 Å². The zero-order chi connectivity index (χ0) is 21.0. The van der Waals surface area contributed by atoms with Gasteiger partial charge in [0.05, 0.1) is 0 Å². The standard InChI is InChI=1S/C15H16.C14H14O/c1-2-7-13-8-6-11-15(12-13)14-9-4-3-5-10-14;15-10-9-12-5-4-8-14(11-12)13-6-2-1-3-7-13/h3-6,8-12H,2,7H2,1H3;1-8,11,15H,9-10H2. The maximum atomic E-state index is 8.88. The second kappa shape index (κ2) is 11.7. The van der Waals surface area contributed by atoms with Gasteiger partial charge in [0, 0.05) is 6.61 Å². The molecule has 0 fully saturated rings. The first-order valence-electron chi connectivity index (χ1n) is 10.7. The third-order valence-corrected chi connectivity index (χ3v) is 5.01. The molecule has 0 atom stereocenters. The summed E-state index contributed by atoms with van der Waals surface area (Å²) in [5.41, 5.74) is 7.66. The summed E-state index contributed by atoms with van der Waals surface area (Å²) in [4.78, 5) is 0. The molecule has 30 heavy (non-hydrogen) atoms. The van der Waals surface area contributed by atoms with Crippen LogP contribution in [0, 0.1) is 0 Å². The molecule has 1 heteroatoms. The molecule has 0 aliphatic rings. The summed E-state index contributed by atoms with van der Waals surface area (Å²) in [5.74, 6) is 0. The molecule has 0 amide bonds. The van der Waals surface area contributed by atoms with Crippen molar-refractivity contribution in [2.24, 2.45) is 0 Å². The number of aliphatic hydroxyl groups is 1. The molecule has 0 aromatic heterocycles. The zero-order valence-electron chi connectivity index (χ0n) is 17.7. The SMILES string of the molecule is CCCc1cccc(-c2ccccc2)c1.OCCc1cccc(-c2ccccc2)c1. The minimum Gasteiger partial charge on any atom is -0.396 e. The van der Waals surface area contributed by atoms with Crippen LogP contribution >= 0.6 is 0 Å². The third-order valence-electron chi connectivity index (χ3n) is 5.01. The molecule has 4 aromatic rings. The normalized spacial score (nSPS) is 10.2. The highest BCUT2D eigenvalue weighted by Crippen LogP contribution is 2.21. The van der Waals surface area contributed by atoms with Crippen LogP contribution in [0.15, 0.2) is 109 Å². The van der Waals surface area contributed by atoms with Crippen molar-refractivity contribution in [2.75, 3.05) is 6.61 Å². The number of hydrogen-bond acceptors (Lipinski definition) is 1. The fourth-order valence-electron chi connectivity index (χ4n) is 3.49. The first-order chi connectivity index (χ1) is 14.8. The Kier molecular flexibility index (Phi) is 8.44. The van der Waals surface area contributed by atoms with E-state index < -0.39 is 0 Å². The highest BCUT2D eigenvalue weighted by molar-refractivity contribution is 5.64. The molecule has 0 saturated carbocycles. The van der Waals surface area contributed by atoms with Gasteiger partial charge in [0.25, 0.3) is 0 Å². The van der Waals surface area contributed by atoms with Crippen LogP contribution in [0.25, 0.3) is 22.3 Å². The van der Waals surface area contributed by atoms with Gasteiger partial charge in [0.15, 0.2) is 0 Å². The molecule has 1 nitrogen and oxygen atoms in total. The molecule has 152 valence electrons. The molecular weight excluding hydrogens is 364 g/mol. The van der Waals surface area contributed by atoms with Crippen LogP contribution in [0.3, 0.4) is 0 Å². The van der Waals surface area contributed by atoms with Gasteiger partial charge in [-0.25, -0.2) is 0 Å². The fraction of sp³-hybridized carbons (Fsp3) is 0.172. The fourth-order valence-corrected chi connectivity index (χ4v) is 3.49. The van der Waals surface area contributed by atoms with E-state index in [2.05, 4.69) is 85.8 Å². The van der Waals surface area contributed by atoms with Crippen molar-refractivity contribution < 1.29 is 5.11 Å². The maximum absolute atomic E-state index is 8.88. The molecular formula is C29H30O. The average Bonchev–Trinajstić information content (AvgIpc) is 2.82. The number of aliphatic hydroxyl groups excluding tert-OH is 1. The van der Waals surface area contributed by atoms with Crippen molar-refractivity contribution in [3.05, 3.63) is 120 Å². The lowest BCUT2D eigenvalue weighted by Gasteiger charge is -2.04. The van der Waals surface area contributed by atoms with E-state index in [1.807, 2.05) is 30.3 Å². The smallest absolute Gasteiger partial charge is 0.0471 e. The predicted molar refractivity (Wildman–Crippen MR) is 129 cm³/mol. The van der Waals surface area contributed by atoms with Gasteiger partial charge in [0.2, 0.25) is 0 Å². The van der Waals surface area contributed by atoms with Crippen LogP contribution in [0.1, 0.15) is 24.5 Å². The van der Waals surface area contributed by atoms with Crippen molar-refractivity contribution in [1.29, 1.82) is 0 Å². The van der Waals surface area contributed by atoms with E-state index in [1.54, 1.807) is 0 Å². The van der Waals surface area contributed by atoms with Gasteiger partial charge in [0.1, 0.15) is 0 Å². The lowest BCUT2D eigenvalue weighted by atomic mass is 10.0. The summed E-state index contributed by atoms with van der Waals surface area (Å²) in [6.07, 6.45) is 3.10. The van der Waals surface area contributed by atoms with E-state index in [9.17, 15) is 0 Å². The quantitative estimate of drug-likeness (QED) is 0.367. The van der Waals surface area contributed by atoms with Gasteiger partial charge < -0.3 is 5.11 Å². The lowest BCUT2D eigenvalue weighted by molar-refractivity contribution is 0.299. The minimum absolute atomic E-state index is 0.207. The molecule has 4 aromatic carbocycles. The second-order valence-corrected chi connectivity index (χ2v) is 7.36. The topological polar surface area (TPSA) is 20.2 Å². The van der Waals surface area contributed by atoms with Gasteiger partial charge >= 0.3 is 0 Å². The van der Waals surface area contributed by atoms with Gasteiger partial charge in [-0.2, -0.15) is 0 Å². The van der Waals surface area contributed by atoms with Crippen LogP contribution in [-0.4, -0.2) is 11.7 Å². The van der Waals surface area contributed by atoms with Gasteiger partial charge in [-0.3, -0.25) is 0 Å². The summed E-state index contributed by atoms with van der Waals surface area (Å²) >= 11 is 0. The predicted octanol–water partition coefficient (Wildman–Crippen LogP) is 7.19. The van der Waals surface area contributed by atoms with Crippen molar-refractivity contribution in [1.82, 2.24) is 0 Å². The van der Waals surface area contributed by atoms with E-state index in [1.165, 1.54) is 46.2 Å². The van der Waals surface area contributed by atoms with Gasteiger partial charge in [-0.05, 0) is 46.2 Å². The molecule has 4 rings (SSSR count). The molecule has 0 heterocycles. The summed E-state index contributed by atoms with van der Waals surface area (Å²) < 4.78 is 0. The van der Waals surface area contributed by atoms with Crippen molar-refractivity contribution in [3.8, 4) is 22.3 Å². The lowest BCUT2D eigenvalue weighted by Crippen LogP contribution is -1.90. The van der Waals surface area contributed by atoms with Crippen molar-refractivity contribution in [3.63, 3.8) is 0 Å². The maximum Gasteiger partial charge on any atom is 0.0471 e. The number of hydrogen-bond donors (Lipinski definition) is 1. The van der Waals surface area contributed by atoms with Crippen LogP contribution < -0.4 is 0 Å². The van der Waals surface area contributed by atoms with Gasteiger partial charge in [-0.1, -0.05) is 123 Å². The molecule has 0 spiro atoms. The van der Waals surface area contributed by atoms with E-state index in [4.69, 9.17) is 5.11 Å². The van der Waals surface area contributed by atoms with E-state index in [0.717, 1.165) is 6.42 Å². The Morgan fingerprint density at radius 1 is 0.500 bits per heavy atom. The average molecular weight is 395 g/mol. The van der Waals surface area contributed by atoms with Crippen LogP contribution in [0.4, 0.5) is 0 Å². The Morgan fingerprint density at radius 3 is 1.37 bits per heavy atom. The van der Waals surface area contributed by atoms with E-state index >= 15 is 0 Å². The number of rotatable bonds is 6. The largest absolute Gasteiger partial charge is 0.396 e. The Bertz CT molecular complexity index is 921. The van der Waals surface area contributed by atoms with Crippen LogP contribution in [-0.2, 0) is 12.8 Å². The second-order valence-electron chi connectivity index (χ2n) is 7.36. The van der Waals surface area contributed by atoms with Crippen molar-refractivity contribution in [2.45, 2.75) is 26.2 Å². The van der Waals surface area contributed by atoms with Gasteiger partial charge in [-0.15, -0.1) is 0 Å². The summed E-state index contributed by atoms with van der Waals surface area (Å²) in [7, 11) is 0. The molecule has 1 N–H and O–H groups in total. The third kappa shape index (κ3) is 6.43. The summed E-state index contributed by atoms with van der Waals surface area (Å²) in [6, 6.07) is 37.9. The Balaban J connectivity index is 0.000000171. The molecule has 0 aliphatic carbocycles. The Labute approximate surface area is 180 Å². The highest BCUT2D eigenvalue weighted by atomic mass is 16.2. The zero-order valence-corrected chi connectivity index (χ0v) is 17.7. The molecule has 0 bridgehead atoms. The molecule has 0 saturated heterocycles. The molecule has 0 unspecified atom stereocenters. The number of benzene rings is 4. The Morgan fingerprint density at radius 2 is 0.933 bits per heavy atom. The number of aryl methyl sites for hydroxylation is 1. The van der Waals surface area contributed by atoms with Crippen LogP contribution in [0.2, 0.25) is 0 Å². The first-order valence-corrected chi connectivity index (χ1v) is 10.7. The van der Waals surface area contributed by atoms with E-state index in [0.29, 0.717) is 0 Å². The highest BCUT2D eigenvalue weighted by Gasteiger charge is 1.98. The Hall–Kier alpha value is -3.16. The molecule has 0 aliphatic heterocycles. The van der Waals surface area contributed by atoms with E-state index in [-0.39, 0.29) is 6.61 Å². The van der Waals surface area contributed by atoms with Crippen LogP contribution in [0.5, 0.6) is 0 Å².